The smallest absolute Gasteiger partial charge is 0.340 e. The summed E-state index contributed by atoms with van der Waals surface area (Å²) in [6.07, 6.45) is 0. The van der Waals surface area contributed by atoms with Crippen molar-refractivity contribution in [1.29, 1.82) is 0 Å². The fraction of sp³-hybridized carbons (Fsp3) is 0.261. The molecule has 0 saturated heterocycles. The van der Waals surface area contributed by atoms with Crippen LogP contribution in [0.1, 0.15) is 46.7 Å². The quantitative estimate of drug-likeness (QED) is 0.793. The summed E-state index contributed by atoms with van der Waals surface area (Å²) >= 11 is 0. The highest BCUT2D eigenvalue weighted by Crippen LogP contribution is 2.38. The van der Waals surface area contributed by atoms with E-state index in [-0.39, 0.29) is 0 Å². The van der Waals surface area contributed by atoms with E-state index in [2.05, 4.69) is 4.98 Å². The number of esters is 2. The highest BCUT2D eigenvalue weighted by Gasteiger charge is 2.30. The second kappa shape index (κ2) is 7.91. The Bertz CT molecular complexity index is 1090. The minimum absolute atomic E-state index is 0.395. The predicted molar refractivity (Wildman–Crippen MR) is 112 cm³/mol. The maximum absolute atomic E-state index is 12.3. The van der Waals surface area contributed by atoms with Crippen LogP contribution in [-0.4, -0.2) is 36.9 Å². The molecule has 0 bridgehead atoms. The van der Waals surface area contributed by atoms with Gasteiger partial charge in [-0.15, -0.1) is 0 Å². The Kier molecular flexibility index (Phi) is 5.55. The average molecular weight is 392 g/mol. The van der Waals surface area contributed by atoms with E-state index in [0.717, 1.165) is 28.0 Å². The molecule has 0 aliphatic carbocycles. The molecule has 6 heteroatoms. The standard InChI is InChI=1S/C23H24N2O4/c1-12-17(22(26)28-5)14(3)24-20(12)19(16-10-8-7-9-11-16)21-13(2)18(15(4)25-21)23(27)29-6/h7-11,24H,1-6H3/b21-19-. The van der Waals surface area contributed by atoms with Crippen LogP contribution in [0.5, 0.6) is 0 Å². The fourth-order valence-corrected chi connectivity index (χ4v) is 3.76. The van der Waals surface area contributed by atoms with Crippen LogP contribution in [0.15, 0.2) is 52.2 Å². The summed E-state index contributed by atoms with van der Waals surface area (Å²) < 4.78 is 9.89. The number of benzene rings is 1. The number of aromatic amines is 1. The van der Waals surface area contributed by atoms with E-state index in [4.69, 9.17) is 14.5 Å². The van der Waals surface area contributed by atoms with Crippen molar-refractivity contribution in [3.05, 3.63) is 75.3 Å². The number of nitrogens with zero attached hydrogens (tertiary/aromatic N) is 1. The number of rotatable bonds is 4. The second-order valence-corrected chi connectivity index (χ2v) is 6.90. The van der Waals surface area contributed by atoms with E-state index in [1.165, 1.54) is 14.2 Å². The Balaban J connectivity index is 2.36. The number of ether oxygens (including phenoxy) is 2. The molecule has 0 atom stereocenters. The van der Waals surface area contributed by atoms with Crippen molar-refractivity contribution in [1.82, 2.24) is 4.98 Å². The number of aryl methyl sites for hydroxylation is 1. The van der Waals surface area contributed by atoms with E-state index in [1.807, 2.05) is 51.1 Å². The molecule has 0 spiro atoms. The molecule has 0 unspecified atom stereocenters. The van der Waals surface area contributed by atoms with Crippen molar-refractivity contribution in [2.45, 2.75) is 27.7 Å². The van der Waals surface area contributed by atoms with Gasteiger partial charge in [-0.05, 0) is 44.4 Å². The first kappa shape index (κ1) is 20.3. The average Bonchev–Trinajstić information content (AvgIpc) is 3.17. The second-order valence-electron chi connectivity index (χ2n) is 6.90. The zero-order chi connectivity index (χ0) is 21.3. The Morgan fingerprint density at radius 3 is 2.14 bits per heavy atom. The molecule has 2 aromatic rings. The molecular formula is C23H24N2O4. The van der Waals surface area contributed by atoms with Crippen LogP contribution in [-0.2, 0) is 14.3 Å². The maximum Gasteiger partial charge on any atom is 0.340 e. The van der Waals surface area contributed by atoms with Crippen molar-refractivity contribution in [2.75, 3.05) is 14.2 Å². The lowest BCUT2D eigenvalue weighted by Crippen LogP contribution is -2.10. The molecule has 1 aliphatic rings. The van der Waals surface area contributed by atoms with Gasteiger partial charge in [0.2, 0.25) is 0 Å². The summed E-state index contributed by atoms with van der Waals surface area (Å²) in [6, 6.07) is 9.76. The predicted octanol–water partition coefficient (Wildman–Crippen LogP) is 4.14. The van der Waals surface area contributed by atoms with E-state index < -0.39 is 11.9 Å². The van der Waals surface area contributed by atoms with Gasteiger partial charge in [-0.3, -0.25) is 4.99 Å². The van der Waals surface area contributed by atoms with Crippen molar-refractivity contribution < 1.29 is 19.1 Å². The molecular weight excluding hydrogens is 368 g/mol. The molecule has 150 valence electrons. The van der Waals surface area contributed by atoms with Crippen LogP contribution in [0, 0.1) is 13.8 Å². The molecule has 1 aromatic heterocycles. The van der Waals surface area contributed by atoms with Gasteiger partial charge in [-0.1, -0.05) is 30.3 Å². The van der Waals surface area contributed by atoms with Crippen LogP contribution in [0.25, 0.3) is 5.57 Å². The van der Waals surface area contributed by atoms with E-state index >= 15 is 0 Å². The number of H-pyrrole nitrogens is 1. The highest BCUT2D eigenvalue weighted by atomic mass is 16.5. The van der Waals surface area contributed by atoms with Gasteiger partial charge < -0.3 is 14.5 Å². The summed E-state index contributed by atoms with van der Waals surface area (Å²) in [5.41, 5.74) is 6.98. The van der Waals surface area contributed by atoms with E-state index in [0.29, 0.717) is 28.2 Å². The normalized spacial score (nSPS) is 15.3. The Labute approximate surface area is 170 Å². The van der Waals surface area contributed by atoms with Gasteiger partial charge in [0.05, 0.1) is 42.5 Å². The molecule has 0 radical (unpaired) electrons. The number of carbonyl (C=O) groups is 2. The zero-order valence-electron chi connectivity index (χ0n) is 17.5. The number of allylic oxidation sites excluding steroid dienone is 1. The summed E-state index contributed by atoms with van der Waals surface area (Å²) in [5, 5.41) is 0. The minimum atomic E-state index is -0.416. The van der Waals surface area contributed by atoms with Gasteiger partial charge in [0, 0.05) is 11.3 Å². The number of hydrogen-bond acceptors (Lipinski definition) is 5. The summed E-state index contributed by atoms with van der Waals surface area (Å²) in [6.45, 7) is 7.36. The zero-order valence-corrected chi connectivity index (χ0v) is 17.5. The van der Waals surface area contributed by atoms with Crippen LogP contribution in [0.3, 0.4) is 0 Å². The molecule has 3 rings (SSSR count). The molecule has 1 aliphatic heterocycles. The first-order valence-corrected chi connectivity index (χ1v) is 9.24. The van der Waals surface area contributed by atoms with Crippen molar-refractivity contribution in [3.8, 4) is 0 Å². The molecule has 0 amide bonds. The van der Waals surface area contributed by atoms with Crippen LogP contribution < -0.4 is 0 Å². The number of methoxy groups -OCH3 is 2. The number of aliphatic imine (C=N–C) groups is 1. The first-order chi connectivity index (χ1) is 13.8. The third-order valence-corrected chi connectivity index (χ3v) is 5.14. The van der Waals surface area contributed by atoms with Crippen LogP contribution >= 0.6 is 0 Å². The van der Waals surface area contributed by atoms with Gasteiger partial charge in [-0.2, -0.15) is 0 Å². The molecule has 1 N–H and O–H groups in total. The Morgan fingerprint density at radius 2 is 1.55 bits per heavy atom. The van der Waals surface area contributed by atoms with E-state index in [9.17, 15) is 9.59 Å². The maximum atomic E-state index is 12.3. The van der Waals surface area contributed by atoms with Gasteiger partial charge in [0.15, 0.2) is 0 Å². The largest absolute Gasteiger partial charge is 0.465 e. The fourth-order valence-electron chi connectivity index (χ4n) is 3.76. The van der Waals surface area contributed by atoms with E-state index in [1.54, 1.807) is 6.92 Å². The van der Waals surface area contributed by atoms with Gasteiger partial charge >= 0.3 is 11.9 Å². The lowest BCUT2D eigenvalue weighted by Gasteiger charge is -2.12. The number of carbonyl (C=O) groups excluding carboxylic acids is 2. The van der Waals surface area contributed by atoms with Crippen molar-refractivity contribution >= 4 is 23.2 Å². The monoisotopic (exact) mass is 392 g/mol. The van der Waals surface area contributed by atoms with Gasteiger partial charge in [0.25, 0.3) is 0 Å². The van der Waals surface area contributed by atoms with Crippen LogP contribution in [0.4, 0.5) is 0 Å². The van der Waals surface area contributed by atoms with Crippen molar-refractivity contribution in [3.63, 3.8) is 0 Å². The Morgan fingerprint density at radius 1 is 0.931 bits per heavy atom. The molecule has 6 nitrogen and oxygen atoms in total. The molecule has 0 saturated carbocycles. The molecule has 29 heavy (non-hydrogen) atoms. The molecule has 2 heterocycles. The van der Waals surface area contributed by atoms with Gasteiger partial charge in [-0.25, -0.2) is 9.59 Å². The first-order valence-electron chi connectivity index (χ1n) is 9.24. The third kappa shape index (κ3) is 3.42. The third-order valence-electron chi connectivity index (χ3n) is 5.14. The lowest BCUT2D eigenvalue weighted by atomic mass is 9.94. The van der Waals surface area contributed by atoms with Gasteiger partial charge in [0.1, 0.15) is 0 Å². The summed E-state index contributed by atoms with van der Waals surface area (Å²) in [4.78, 5) is 32.6. The minimum Gasteiger partial charge on any atom is -0.465 e. The summed E-state index contributed by atoms with van der Waals surface area (Å²) in [7, 11) is 2.72. The number of hydrogen-bond donors (Lipinski definition) is 1. The molecule has 1 aromatic carbocycles. The SMILES string of the molecule is COC(=O)C1=C(C)/C(=C(\c2ccccc2)c2[nH]c(C)c(C(=O)OC)c2C)N=C1C. The molecule has 0 fully saturated rings. The number of nitrogens with one attached hydrogen (secondary N) is 1. The highest BCUT2D eigenvalue weighted by molar-refractivity contribution is 6.22. The van der Waals surface area contributed by atoms with Crippen molar-refractivity contribution in [2.24, 2.45) is 4.99 Å². The summed E-state index contributed by atoms with van der Waals surface area (Å²) in [5.74, 6) is -0.811. The lowest BCUT2D eigenvalue weighted by molar-refractivity contribution is -0.135. The topological polar surface area (TPSA) is 80.8 Å². The number of aromatic nitrogens is 1. The van der Waals surface area contributed by atoms with Crippen LogP contribution in [0.2, 0.25) is 0 Å². The Hall–Kier alpha value is -3.41.